The molecule has 1 aromatic rings. The van der Waals surface area contributed by atoms with Gasteiger partial charge in [-0.1, -0.05) is 13.0 Å². The van der Waals surface area contributed by atoms with Gasteiger partial charge in [-0.25, -0.2) is 0 Å². The Kier molecular flexibility index (Phi) is 3.77. The highest BCUT2D eigenvalue weighted by molar-refractivity contribution is 5.23. The summed E-state index contributed by atoms with van der Waals surface area (Å²) < 4.78 is 0. The number of hydrogen-bond donors (Lipinski definition) is 1. The molecule has 0 bridgehead atoms. The van der Waals surface area contributed by atoms with Gasteiger partial charge in [0.15, 0.2) is 0 Å². The summed E-state index contributed by atoms with van der Waals surface area (Å²) in [6, 6.07) is 1.89. The molecule has 0 saturated carbocycles. The van der Waals surface area contributed by atoms with Crippen LogP contribution < -0.4 is 0 Å². The molecule has 14 heavy (non-hydrogen) atoms. The van der Waals surface area contributed by atoms with Gasteiger partial charge in [0.1, 0.15) is 0 Å². The maximum atomic E-state index is 9.82. The highest BCUT2D eigenvalue weighted by Gasteiger charge is 2.11. The lowest BCUT2D eigenvalue weighted by Gasteiger charge is -2.12. The third-order valence-electron chi connectivity index (χ3n) is 2.11. The number of aryl methyl sites for hydroxylation is 2. The second kappa shape index (κ2) is 4.86. The SMILES string of the molecule is C=CCC(O)c1cc(C)nnc1CC. The van der Waals surface area contributed by atoms with Gasteiger partial charge >= 0.3 is 0 Å². The van der Waals surface area contributed by atoms with Gasteiger partial charge in [0, 0.05) is 5.56 Å². The van der Waals surface area contributed by atoms with E-state index in [2.05, 4.69) is 16.8 Å². The summed E-state index contributed by atoms with van der Waals surface area (Å²) >= 11 is 0. The zero-order valence-electron chi connectivity index (χ0n) is 8.70. The highest BCUT2D eigenvalue weighted by atomic mass is 16.3. The van der Waals surface area contributed by atoms with Crippen LogP contribution in [0.5, 0.6) is 0 Å². The van der Waals surface area contributed by atoms with Crippen molar-refractivity contribution in [3.63, 3.8) is 0 Å². The van der Waals surface area contributed by atoms with Crippen LogP contribution >= 0.6 is 0 Å². The number of rotatable bonds is 4. The van der Waals surface area contributed by atoms with Crippen molar-refractivity contribution in [2.45, 2.75) is 32.8 Å². The number of aliphatic hydroxyl groups is 1. The monoisotopic (exact) mass is 192 g/mol. The molecule has 0 amide bonds. The summed E-state index contributed by atoms with van der Waals surface area (Å²) in [6.45, 7) is 7.48. The first-order chi connectivity index (χ1) is 6.69. The molecule has 1 N–H and O–H groups in total. The van der Waals surface area contributed by atoms with Crippen molar-refractivity contribution in [2.75, 3.05) is 0 Å². The van der Waals surface area contributed by atoms with Crippen LogP contribution in [0.3, 0.4) is 0 Å². The van der Waals surface area contributed by atoms with Gasteiger partial charge < -0.3 is 5.11 Å². The molecular weight excluding hydrogens is 176 g/mol. The maximum absolute atomic E-state index is 9.82. The van der Waals surface area contributed by atoms with Crippen molar-refractivity contribution in [3.8, 4) is 0 Å². The Balaban J connectivity index is 3.02. The highest BCUT2D eigenvalue weighted by Crippen LogP contribution is 2.20. The predicted octanol–water partition coefficient (Wildman–Crippen LogP) is 1.96. The van der Waals surface area contributed by atoms with E-state index >= 15 is 0 Å². The first kappa shape index (κ1) is 10.9. The molecule has 0 aromatic carbocycles. The molecule has 0 fully saturated rings. The van der Waals surface area contributed by atoms with Crippen molar-refractivity contribution < 1.29 is 5.11 Å². The van der Waals surface area contributed by atoms with Gasteiger partial charge in [0.2, 0.25) is 0 Å². The minimum absolute atomic E-state index is 0.503. The topological polar surface area (TPSA) is 46.0 Å². The van der Waals surface area contributed by atoms with Gasteiger partial charge in [-0.3, -0.25) is 0 Å². The van der Waals surface area contributed by atoms with Crippen LogP contribution in [0.4, 0.5) is 0 Å². The number of aromatic nitrogens is 2. The van der Waals surface area contributed by atoms with E-state index in [1.165, 1.54) is 0 Å². The smallest absolute Gasteiger partial charge is 0.0843 e. The van der Waals surface area contributed by atoms with E-state index in [0.717, 1.165) is 23.4 Å². The number of aliphatic hydroxyl groups excluding tert-OH is 1. The molecule has 0 saturated heterocycles. The molecule has 3 nitrogen and oxygen atoms in total. The fourth-order valence-electron chi connectivity index (χ4n) is 1.38. The van der Waals surface area contributed by atoms with Crippen LogP contribution in [0.2, 0.25) is 0 Å². The summed E-state index contributed by atoms with van der Waals surface area (Å²) in [6.07, 6.45) is 2.55. The van der Waals surface area contributed by atoms with Crippen molar-refractivity contribution in [3.05, 3.63) is 35.7 Å². The Labute approximate surface area is 84.5 Å². The summed E-state index contributed by atoms with van der Waals surface area (Å²) in [5, 5.41) is 17.8. The van der Waals surface area contributed by atoms with E-state index in [-0.39, 0.29) is 0 Å². The molecular formula is C11H16N2O. The normalized spacial score (nSPS) is 12.5. The molecule has 0 aliphatic heterocycles. The maximum Gasteiger partial charge on any atom is 0.0843 e. The molecule has 0 spiro atoms. The van der Waals surface area contributed by atoms with Gasteiger partial charge in [-0.05, 0) is 25.8 Å². The Morgan fingerprint density at radius 3 is 2.86 bits per heavy atom. The fraction of sp³-hybridized carbons (Fsp3) is 0.455. The molecule has 1 atom stereocenters. The lowest BCUT2D eigenvalue weighted by atomic mass is 10.0. The van der Waals surface area contributed by atoms with E-state index in [0.29, 0.717) is 6.42 Å². The van der Waals surface area contributed by atoms with Crippen LogP contribution in [0.15, 0.2) is 18.7 Å². The molecule has 76 valence electrons. The van der Waals surface area contributed by atoms with Crippen molar-refractivity contribution in [1.29, 1.82) is 0 Å². The fourth-order valence-corrected chi connectivity index (χ4v) is 1.38. The second-order valence-electron chi connectivity index (χ2n) is 3.28. The van der Waals surface area contributed by atoms with Gasteiger partial charge in [0.25, 0.3) is 0 Å². The quantitative estimate of drug-likeness (QED) is 0.742. The third-order valence-corrected chi connectivity index (χ3v) is 2.11. The average Bonchev–Trinajstić information content (AvgIpc) is 2.18. The number of hydrogen-bond acceptors (Lipinski definition) is 3. The standard InChI is InChI=1S/C11H16N2O/c1-4-6-11(14)9-7-8(3)12-13-10(9)5-2/h4,7,11,14H,1,5-6H2,2-3H3. The van der Waals surface area contributed by atoms with Crippen LogP contribution in [-0.2, 0) is 6.42 Å². The molecule has 1 unspecified atom stereocenters. The van der Waals surface area contributed by atoms with Crippen molar-refractivity contribution >= 4 is 0 Å². The molecule has 1 heterocycles. The van der Waals surface area contributed by atoms with E-state index in [1.807, 2.05) is 19.9 Å². The number of nitrogens with zero attached hydrogens (tertiary/aromatic N) is 2. The summed E-state index contributed by atoms with van der Waals surface area (Å²) in [4.78, 5) is 0. The first-order valence-electron chi connectivity index (χ1n) is 4.81. The lowest BCUT2D eigenvalue weighted by molar-refractivity contribution is 0.179. The van der Waals surface area contributed by atoms with Crippen LogP contribution in [-0.4, -0.2) is 15.3 Å². The van der Waals surface area contributed by atoms with Gasteiger partial charge in [-0.15, -0.1) is 6.58 Å². The minimum atomic E-state index is -0.503. The zero-order chi connectivity index (χ0) is 10.6. The van der Waals surface area contributed by atoms with E-state index in [9.17, 15) is 5.11 Å². The summed E-state index contributed by atoms with van der Waals surface area (Å²) in [5.74, 6) is 0. The van der Waals surface area contributed by atoms with Crippen molar-refractivity contribution in [1.82, 2.24) is 10.2 Å². The average molecular weight is 192 g/mol. The molecule has 1 aromatic heterocycles. The zero-order valence-corrected chi connectivity index (χ0v) is 8.70. The van der Waals surface area contributed by atoms with E-state index < -0.39 is 6.10 Å². The van der Waals surface area contributed by atoms with Crippen LogP contribution in [0, 0.1) is 6.92 Å². The Morgan fingerprint density at radius 2 is 2.29 bits per heavy atom. The Bertz CT molecular complexity index is 323. The first-order valence-corrected chi connectivity index (χ1v) is 4.81. The molecule has 3 heteroatoms. The largest absolute Gasteiger partial charge is 0.388 e. The Morgan fingerprint density at radius 1 is 1.57 bits per heavy atom. The van der Waals surface area contributed by atoms with E-state index in [4.69, 9.17) is 0 Å². The van der Waals surface area contributed by atoms with Gasteiger partial charge in [-0.2, -0.15) is 10.2 Å². The van der Waals surface area contributed by atoms with Gasteiger partial charge in [0.05, 0.1) is 17.5 Å². The van der Waals surface area contributed by atoms with Crippen molar-refractivity contribution in [2.24, 2.45) is 0 Å². The minimum Gasteiger partial charge on any atom is -0.388 e. The van der Waals surface area contributed by atoms with Crippen LogP contribution in [0.25, 0.3) is 0 Å². The predicted molar refractivity (Wildman–Crippen MR) is 55.9 cm³/mol. The second-order valence-corrected chi connectivity index (χ2v) is 3.28. The molecule has 1 rings (SSSR count). The third kappa shape index (κ3) is 2.39. The van der Waals surface area contributed by atoms with Crippen LogP contribution in [0.1, 0.15) is 36.4 Å². The molecule has 0 radical (unpaired) electrons. The molecule has 0 aliphatic carbocycles. The van der Waals surface area contributed by atoms with E-state index in [1.54, 1.807) is 6.08 Å². The Hall–Kier alpha value is -1.22. The lowest BCUT2D eigenvalue weighted by Crippen LogP contribution is -2.05. The summed E-state index contributed by atoms with van der Waals surface area (Å²) in [5.41, 5.74) is 2.57. The molecule has 0 aliphatic rings. The summed E-state index contributed by atoms with van der Waals surface area (Å²) in [7, 11) is 0.